The zero-order valence-electron chi connectivity index (χ0n) is 17.3. The summed E-state index contributed by atoms with van der Waals surface area (Å²) >= 11 is 2.28. The Balaban J connectivity index is 1.93. The van der Waals surface area contributed by atoms with Gasteiger partial charge in [-0.1, -0.05) is 40.3 Å². The number of ketones is 1. The highest BCUT2D eigenvalue weighted by Crippen LogP contribution is 2.61. The maximum Gasteiger partial charge on any atom is 0.316 e. The molecule has 0 N–H and O–H groups in total. The molecular weight excluding hydrogens is 467 g/mol. The van der Waals surface area contributed by atoms with E-state index in [0.717, 1.165) is 35.1 Å². The smallest absolute Gasteiger partial charge is 0.316 e. The van der Waals surface area contributed by atoms with Gasteiger partial charge in [0.15, 0.2) is 5.78 Å². The molecule has 3 aliphatic rings. The summed E-state index contributed by atoms with van der Waals surface area (Å²) < 4.78 is 11.5. The van der Waals surface area contributed by atoms with Crippen molar-refractivity contribution in [3.63, 3.8) is 0 Å². The Hall–Kier alpha value is -1.21. The first-order chi connectivity index (χ1) is 13.0. The van der Waals surface area contributed by atoms with E-state index in [4.69, 9.17) is 9.47 Å². The number of hydrogen-bond acceptors (Lipinski definition) is 4. The first-order valence-electron chi connectivity index (χ1n) is 9.90. The molecule has 4 nitrogen and oxygen atoms in total. The number of esters is 1. The Bertz CT molecular complexity index is 900. The van der Waals surface area contributed by atoms with Crippen LogP contribution in [0.15, 0.2) is 17.9 Å². The van der Waals surface area contributed by atoms with Gasteiger partial charge in [0.1, 0.15) is 9.18 Å². The zero-order chi connectivity index (χ0) is 20.6. The Labute approximate surface area is 180 Å². The third-order valence-electron chi connectivity index (χ3n) is 6.19. The predicted molar refractivity (Wildman–Crippen MR) is 116 cm³/mol. The van der Waals surface area contributed by atoms with Crippen LogP contribution in [-0.4, -0.2) is 27.4 Å². The fourth-order valence-electron chi connectivity index (χ4n) is 4.97. The van der Waals surface area contributed by atoms with E-state index >= 15 is 0 Å². The highest BCUT2D eigenvalue weighted by molar-refractivity contribution is 14.1. The zero-order valence-corrected chi connectivity index (χ0v) is 19.5. The molecule has 4 rings (SSSR count). The van der Waals surface area contributed by atoms with E-state index in [-0.39, 0.29) is 29.9 Å². The van der Waals surface area contributed by atoms with Gasteiger partial charge in [-0.25, -0.2) is 0 Å². The predicted octanol–water partition coefficient (Wildman–Crippen LogP) is 4.85. The Morgan fingerprint density at radius 3 is 2.36 bits per heavy atom. The van der Waals surface area contributed by atoms with Crippen LogP contribution in [0, 0.1) is 32.1 Å². The quantitative estimate of drug-likeness (QED) is 0.335. The molecule has 150 valence electrons. The lowest BCUT2D eigenvalue weighted by Crippen LogP contribution is -2.45. The topological polar surface area (TPSA) is 52.6 Å². The minimum Gasteiger partial charge on any atom is -0.429 e. The molecule has 4 atom stereocenters. The van der Waals surface area contributed by atoms with Gasteiger partial charge in [-0.05, 0) is 71.1 Å². The van der Waals surface area contributed by atoms with Crippen molar-refractivity contribution in [3.8, 4) is 0 Å². The second kappa shape index (κ2) is 6.39. The summed E-state index contributed by atoms with van der Waals surface area (Å²) in [5.41, 5.74) is 4.10. The molecule has 1 unspecified atom stereocenters. The first kappa shape index (κ1) is 20.1. The van der Waals surface area contributed by atoms with E-state index in [9.17, 15) is 9.59 Å². The molecule has 0 aromatic heterocycles. The number of halogens is 1. The Morgan fingerprint density at radius 2 is 1.79 bits per heavy atom. The number of hydrogen-bond donors (Lipinski definition) is 0. The fraction of sp³-hybridized carbons (Fsp3) is 0.565. The summed E-state index contributed by atoms with van der Waals surface area (Å²) in [6.45, 7) is 11.6. The van der Waals surface area contributed by atoms with E-state index in [2.05, 4.69) is 41.6 Å². The highest BCUT2D eigenvalue weighted by Gasteiger charge is 2.69. The van der Waals surface area contributed by atoms with Crippen molar-refractivity contribution >= 4 is 39.9 Å². The number of aryl methyl sites for hydroxylation is 3. The molecule has 1 aromatic rings. The Kier molecular flexibility index (Phi) is 4.58. The molecule has 28 heavy (non-hydrogen) atoms. The maximum atomic E-state index is 13.8. The lowest BCUT2D eigenvalue weighted by atomic mass is 9.80. The van der Waals surface area contributed by atoms with Gasteiger partial charge in [0.2, 0.25) is 0 Å². The molecule has 2 fully saturated rings. The first-order valence-corrected chi connectivity index (χ1v) is 11.0. The van der Waals surface area contributed by atoms with Gasteiger partial charge in [0.25, 0.3) is 0 Å². The van der Waals surface area contributed by atoms with Crippen LogP contribution in [0.4, 0.5) is 0 Å². The normalized spacial score (nSPS) is 31.5. The van der Waals surface area contributed by atoms with Gasteiger partial charge >= 0.3 is 5.97 Å². The summed E-state index contributed by atoms with van der Waals surface area (Å²) in [5.74, 6) is 0.0815. The number of rotatable bonds is 2. The van der Waals surface area contributed by atoms with Crippen molar-refractivity contribution in [1.82, 2.24) is 0 Å². The monoisotopic (exact) mass is 494 g/mol. The van der Waals surface area contributed by atoms with Crippen molar-refractivity contribution in [3.05, 3.63) is 40.1 Å². The lowest BCUT2D eigenvalue weighted by Gasteiger charge is -2.30. The van der Waals surface area contributed by atoms with Crippen LogP contribution in [-0.2, 0) is 19.1 Å². The number of carbonyl (C=O) groups excluding carboxylic acids is 2. The van der Waals surface area contributed by atoms with Crippen molar-refractivity contribution in [2.24, 2.45) is 11.3 Å². The molecule has 0 amide bonds. The van der Waals surface area contributed by atoms with Crippen molar-refractivity contribution in [2.75, 3.05) is 0 Å². The van der Waals surface area contributed by atoms with Crippen LogP contribution < -0.4 is 0 Å². The van der Waals surface area contributed by atoms with Crippen LogP contribution in [0.2, 0.25) is 0 Å². The Morgan fingerprint density at radius 1 is 1.18 bits per heavy atom. The van der Waals surface area contributed by atoms with Gasteiger partial charge in [-0.15, -0.1) is 0 Å². The minimum atomic E-state index is -0.673. The van der Waals surface area contributed by atoms with Gasteiger partial charge < -0.3 is 9.47 Å². The molecule has 2 aliphatic heterocycles. The average molecular weight is 494 g/mol. The maximum absolute atomic E-state index is 13.8. The molecule has 2 heterocycles. The minimum absolute atomic E-state index is 0.0528. The van der Waals surface area contributed by atoms with E-state index in [1.54, 1.807) is 0 Å². The third-order valence-corrected chi connectivity index (χ3v) is 8.05. The van der Waals surface area contributed by atoms with Crippen LogP contribution >= 0.6 is 22.6 Å². The highest BCUT2D eigenvalue weighted by atomic mass is 127. The van der Waals surface area contributed by atoms with Crippen LogP contribution in [0.3, 0.4) is 0 Å². The molecule has 2 bridgehead atoms. The number of allylic oxidation sites excluding steroid dienone is 1. The van der Waals surface area contributed by atoms with E-state index < -0.39 is 8.84 Å². The molecule has 2 saturated heterocycles. The van der Waals surface area contributed by atoms with Crippen LogP contribution in [0.5, 0.6) is 0 Å². The van der Waals surface area contributed by atoms with Gasteiger partial charge in [0, 0.05) is 0 Å². The molecule has 0 spiro atoms. The third kappa shape index (κ3) is 2.72. The SMILES string of the molecule is Cc1cc(C)c(C2=C(OC(=O)C(C)(C)C)C3[C@H]4CC[C@H](O4)[C@]3(I)C2=O)c(C)c1. The van der Waals surface area contributed by atoms with E-state index in [0.29, 0.717) is 11.3 Å². The lowest BCUT2D eigenvalue weighted by molar-refractivity contribution is -0.149. The number of ether oxygens (including phenoxy) is 2. The second-order valence-electron chi connectivity index (χ2n) is 9.47. The molecule has 0 radical (unpaired) electrons. The standard InChI is InChI=1S/C23H27IO4/c1-11-9-12(2)16(13(3)10-11)17-19(28-21(26)22(4,5)6)18-14-7-8-15(27-14)23(18,24)20(17)25/h9-10,14-15,18H,7-8H2,1-6H3/t14-,15+,18?,23-/m1/s1. The van der Waals surface area contributed by atoms with Crippen molar-refractivity contribution in [1.29, 1.82) is 0 Å². The van der Waals surface area contributed by atoms with Crippen molar-refractivity contribution < 1.29 is 19.1 Å². The van der Waals surface area contributed by atoms with Crippen LogP contribution in [0.25, 0.3) is 5.57 Å². The van der Waals surface area contributed by atoms with Crippen molar-refractivity contribution in [2.45, 2.75) is 70.0 Å². The van der Waals surface area contributed by atoms with Gasteiger partial charge in [-0.3, -0.25) is 9.59 Å². The van der Waals surface area contributed by atoms with E-state index in [1.165, 1.54) is 0 Å². The number of fused-ring (bicyclic) bond motifs is 5. The second-order valence-corrected chi connectivity index (χ2v) is 11.3. The summed E-state index contributed by atoms with van der Waals surface area (Å²) in [7, 11) is 0. The number of alkyl halides is 1. The molecule has 1 aromatic carbocycles. The summed E-state index contributed by atoms with van der Waals surface area (Å²) in [5, 5.41) is 0. The number of Topliss-reactive ketones (excluding diaryl/α,β-unsaturated/α-hetero) is 1. The summed E-state index contributed by atoms with van der Waals surface area (Å²) in [6, 6.07) is 4.18. The molecule has 1 aliphatic carbocycles. The largest absolute Gasteiger partial charge is 0.429 e. The molecule has 0 saturated carbocycles. The fourth-order valence-corrected chi connectivity index (χ4v) is 6.38. The molecule has 5 heteroatoms. The average Bonchev–Trinajstić information content (AvgIpc) is 3.20. The number of carbonyl (C=O) groups is 2. The van der Waals surface area contributed by atoms with Gasteiger partial charge in [0.05, 0.1) is 29.1 Å². The molecular formula is C23H27IO4. The van der Waals surface area contributed by atoms with Crippen LogP contribution in [0.1, 0.15) is 55.9 Å². The van der Waals surface area contributed by atoms with E-state index in [1.807, 2.05) is 34.6 Å². The summed E-state index contributed by atoms with van der Waals surface area (Å²) in [4.78, 5) is 26.6. The number of benzene rings is 1. The van der Waals surface area contributed by atoms with Gasteiger partial charge in [-0.2, -0.15) is 0 Å². The summed E-state index contributed by atoms with van der Waals surface area (Å²) in [6.07, 6.45) is 1.62.